The lowest BCUT2D eigenvalue weighted by atomic mass is 10.1. The molecule has 0 radical (unpaired) electrons. The van der Waals surface area contributed by atoms with Crippen LogP contribution in [0.15, 0.2) is 35.7 Å². The number of aromatic nitrogens is 2. The van der Waals surface area contributed by atoms with Crippen LogP contribution in [0.2, 0.25) is 15.3 Å². The molecule has 0 saturated carbocycles. The molecule has 2 aromatic heterocycles. The number of halogens is 4. The van der Waals surface area contributed by atoms with Gasteiger partial charge in [0.1, 0.15) is 16.1 Å². The first-order valence-corrected chi connectivity index (χ1v) is 7.79. The number of rotatable bonds is 2. The Morgan fingerprint density at radius 3 is 2.29 bits per heavy atom. The Hall–Kier alpha value is -1.20. The smallest absolute Gasteiger partial charge is 0.172 e. The van der Waals surface area contributed by atoms with E-state index >= 15 is 0 Å². The van der Waals surface area contributed by atoms with Gasteiger partial charge >= 0.3 is 0 Å². The SMILES string of the molecule is Fc1cccc(-c2c(Cl)nc(-c3cc(Cl)cs3)nc2Cl)c1. The third-order valence-electron chi connectivity index (χ3n) is 2.72. The topological polar surface area (TPSA) is 25.8 Å². The predicted molar refractivity (Wildman–Crippen MR) is 85.8 cm³/mol. The molecule has 0 bridgehead atoms. The van der Waals surface area contributed by atoms with Crippen LogP contribution in [-0.4, -0.2) is 9.97 Å². The molecule has 0 fully saturated rings. The van der Waals surface area contributed by atoms with Crippen molar-refractivity contribution in [3.63, 3.8) is 0 Å². The Balaban J connectivity index is 2.12. The fourth-order valence-electron chi connectivity index (χ4n) is 1.83. The molecule has 0 unspecified atom stereocenters. The molecule has 3 rings (SSSR count). The van der Waals surface area contributed by atoms with Crippen LogP contribution in [0.4, 0.5) is 4.39 Å². The van der Waals surface area contributed by atoms with Crippen molar-refractivity contribution in [1.29, 1.82) is 0 Å². The zero-order valence-corrected chi connectivity index (χ0v) is 13.4. The van der Waals surface area contributed by atoms with E-state index in [2.05, 4.69) is 9.97 Å². The van der Waals surface area contributed by atoms with E-state index in [1.165, 1.54) is 23.5 Å². The minimum atomic E-state index is -0.381. The van der Waals surface area contributed by atoms with Gasteiger partial charge in [-0.3, -0.25) is 0 Å². The summed E-state index contributed by atoms with van der Waals surface area (Å²) in [5.74, 6) is 0.0100. The third-order valence-corrected chi connectivity index (χ3v) is 4.54. The largest absolute Gasteiger partial charge is 0.215 e. The first-order chi connectivity index (χ1) is 10.0. The lowest BCUT2D eigenvalue weighted by molar-refractivity contribution is 0.628. The molecular weight excluding hydrogens is 354 g/mol. The molecule has 0 spiro atoms. The van der Waals surface area contributed by atoms with Gasteiger partial charge in [-0.05, 0) is 23.8 Å². The highest BCUT2D eigenvalue weighted by Crippen LogP contribution is 2.36. The Bertz CT molecular complexity index is 796. The van der Waals surface area contributed by atoms with Gasteiger partial charge in [0.15, 0.2) is 5.82 Å². The van der Waals surface area contributed by atoms with E-state index in [-0.39, 0.29) is 16.1 Å². The maximum atomic E-state index is 13.3. The molecule has 0 aliphatic rings. The van der Waals surface area contributed by atoms with Gasteiger partial charge in [-0.25, -0.2) is 14.4 Å². The maximum absolute atomic E-state index is 13.3. The van der Waals surface area contributed by atoms with Crippen LogP contribution in [0, 0.1) is 5.82 Å². The summed E-state index contributed by atoms with van der Waals surface area (Å²) in [5.41, 5.74) is 0.935. The first-order valence-electron chi connectivity index (χ1n) is 5.78. The summed E-state index contributed by atoms with van der Waals surface area (Å²) < 4.78 is 13.3. The van der Waals surface area contributed by atoms with Gasteiger partial charge in [0.25, 0.3) is 0 Å². The van der Waals surface area contributed by atoms with Crippen LogP contribution in [0.3, 0.4) is 0 Å². The monoisotopic (exact) mass is 358 g/mol. The standard InChI is InChI=1S/C14H6Cl3FN2S/c15-8-5-10(21-6-8)14-19-12(16)11(13(17)20-14)7-2-1-3-9(18)4-7/h1-6H. The summed E-state index contributed by atoms with van der Waals surface area (Å²) in [6, 6.07) is 7.67. The van der Waals surface area contributed by atoms with Crippen LogP contribution in [0.25, 0.3) is 21.8 Å². The van der Waals surface area contributed by atoms with Crippen LogP contribution in [0.5, 0.6) is 0 Å². The lowest BCUT2D eigenvalue weighted by Crippen LogP contribution is -1.93. The second kappa shape index (κ2) is 5.89. The molecule has 0 aliphatic carbocycles. The maximum Gasteiger partial charge on any atom is 0.172 e. The average molecular weight is 360 g/mol. The van der Waals surface area contributed by atoms with Crippen molar-refractivity contribution >= 4 is 46.1 Å². The number of nitrogens with zero attached hydrogens (tertiary/aromatic N) is 2. The molecule has 0 saturated heterocycles. The lowest BCUT2D eigenvalue weighted by Gasteiger charge is -2.08. The summed E-state index contributed by atoms with van der Waals surface area (Å²) in [7, 11) is 0. The van der Waals surface area contributed by atoms with Crippen molar-refractivity contribution in [3.8, 4) is 21.8 Å². The van der Waals surface area contributed by atoms with Gasteiger partial charge < -0.3 is 0 Å². The summed E-state index contributed by atoms with van der Waals surface area (Å²) in [6.45, 7) is 0. The molecule has 0 aliphatic heterocycles. The highest BCUT2D eigenvalue weighted by atomic mass is 35.5. The predicted octanol–water partition coefficient (Wildman–Crippen LogP) is 5.97. The minimum absolute atomic E-state index is 0.167. The normalized spacial score (nSPS) is 10.9. The van der Waals surface area contributed by atoms with Crippen LogP contribution in [0.1, 0.15) is 0 Å². The van der Waals surface area contributed by atoms with Gasteiger partial charge in [0.05, 0.1) is 15.5 Å². The van der Waals surface area contributed by atoms with E-state index in [9.17, 15) is 4.39 Å². The molecule has 3 aromatic rings. The molecule has 21 heavy (non-hydrogen) atoms. The third kappa shape index (κ3) is 3.04. The molecule has 2 nitrogen and oxygen atoms in total. The quantitative estimate of drug-likeness (QED) is 0.527. The minimum Gasteiger partial charge on any atom is -0.215 e. The van der Waals surface area contributed by atoms with E-state index in [4.69, 9.17) is 34.8 Å². The Kier molecular flexibility index (Phi) is 4.13. The average Bonchev–Trinajstić information content (AvgIpc) is 2.85. The van der Waals surface area contributed by atoms with E-state index < -0.39 is 0 Å². The van der Waals surface area contributed by atoms with Crippen molar-refractivity contribution in [2.45, 2.75) is 0 Å². The highest BCUT2D eigenvalue weighted by Gasteiger charge is 2.16. The molecule has 1 aromatic carbocycles. The van der Waals surface area contributed by atoms with Gasteiger partial charge in [0.2, 0.25) is 0 Å². The molecule has 0 N–H and O–H groups in total. The van der Waals surface area contributed by atoms with Gasteiger partial charge in [-0.1, -0.05) is 46.9 Å². The van der Waals surface area contributed by atoms with Gasteiger partial charge in [-0.15, -0.1) is 11.3 Å². The van der Waals surface area contributed by atoms with Crippen molar-refractivity contribution in [2.75, 3.05) is 0 Å². The number of benzene rings is 1. The molecule has 106 valence electrons. The first kappa shape index (κ1) is 14.7. The van der Waals surface area contributed by atoms with Crippen LogP contribution < -0.4 is 0 Å². The van der Waals surface area contributed by atoms with Crippen LogP contribution >= 0.6 is 46.1 Å². The zero-order chi connectivity index (χ0) is 15.0. The summed E-state index contributed by atoms with van der Waals surface area (Å²) >= 11 is 19.7. The van der Waals surface area contributed by atoms with Crippen molar-refractivity contribution < 1.29 is 4.39 Å². The second-order valence-electron chi connectivity index (χ2n) is 4.14. The fraction of sp³-hybridized carbons (Fsp3) is 0. The fourth-order valence-corrected chi connectivity index (χ4v) is 3.44. The van der Waals surface area contributed by atoms with Crippen molar-refractivity contribution in [2.24, 2.45) is 0 Å². The van der Waals surface area contributed by atoms with E-state index in [1.54, 1.807) is 23.6 Å². The van der Waals surface area contributed by atoms with Gasteiger partial charge in [0, 0.05) is 5.38 Å². The molecular formula is C14H6Cl3FN2S. The zero-order valence-electron chi connectivity index (χ0n) is 10.3. The molecule has 0 atom stereocenters. The second-order valence-corrected chi connectivity index (χ2v) is 6.21. The molecule has 2 heterocycles. The number of hydrogen-bond donors (Lipinski definition) is 0. The molecule has 7 heteroatoms. The highest BCUT2D eigenvalue weighted by molar-refractivity contribution is 7.14. The Morgan fingerprint density at radius 1 is 1.00 bits per heavy atom. The number of hydrogen-bond acceptors (Lipinski definition) is 3. The number of thiophene rings is 1. The Labute approximate surface area is 139 Å². The van der Waals surface area contributed by atoms with Crippen LogP contribution in [-0.2, 0) is 0 Å². The van der Waals surface area contributed by atoms with E-state index in [0.29, 0.717) is 22.0 Å². The molecule has 0 amide bonds. The van der Waals surface area contributed by atoms with E-state index in [0.717, 1.165) is 4.88 Å². The Morgan fingerprint density at radius 2 is 1.71 bits per heavy atom. The van der Waals surface area contributed by atoms with Gasteiger partial charge in [-0.2, -0.15) is 0 Å². The summed E-state index contributed by atoms with van der Waals surface area (Å²) in [4.78, 5) is 9.20. The summed E-state index contributed by atoms with van der Waals surface area (Å²) in [5, 5.41) is 2.70. The van der Waals surface area contributed by atoms with E-state index in [1.807, 2.05) is 0 Å². The summed E-state index contributed by atoms with van der Waals surface area (Å²) in [6.07, 6.45) is 0. The van der Waals surface area contributed by atoms with Crippen molar-refractivity contribution in [1.82, 2.24) is 9.97 Å². The van der Waals surface area contributed by atoms with Crippen molar-refractivity contribution in [3.05, 3.63) is 56.9 Å².